The predicted octanol–water partition coefficient (Wildman–Crippen LogP) is 3.12. The molecule has 0 aliphatic carbocycles. The number of carbonyl (C=O) groups excluding carboxylic acids is 2. The molecule has 2 amide bonds. The molecule has 0 radical (unpaired) electrons. The van der Waals surface area contributed by atoms with Gasteiger partial charge in [-0.1, -0.05) is 30.3 Å². The molecule has 1 aromatic carbocycles. The standard InChI is InChI=1S/C14H17NO4/c1-14(2,3)19-13(17)15-11(9-18-12(15)16)10-7-5-4-6-8-10/h4-8,11H,9H2,1-3H3. The van der Waals surface area contributed by atoms with Crippen LogP contribution in [0.5, 0.6) is 0 Å². The molecule has 1 atom stereocenters. The summed E-state index contributed by atoms with van der Waals surface area (Å²) in [4.78, 5) is 24.8. The molecular formula is C14H17NO4. The van der Waals surface area contributed by atoms with Gasteiger partial charge >= 0.3 is 12.2 Å². The number of rotatable bonds is 1. The van der Waals surface area contributed by atoms with Crippen molar-refractivity contribution in [3.05, 3.63) is 35.9 Å². The smallest absolute Gasteiger partial charge is 0.420 e. The van der Waals surface area contributed by atoms with E-state index in [9.17, 15) is 9.59 Å². The molecule has 2 rings (SSSR count). The zero-order valence-electron chi connectivity index (χ0n) is 11.3. The van der Waals surface area contributed by atoms with E-state index in [-0.39, 0.29) is 6.61 Å². The third-order valence-electron chi connectivity index (χ3n) is 2.65. The molecule has 1 saturated heterocycles. The quantitative estimate of drug-likeness (QED) is 0.781. The molecule has 0 aromatic heterocycles. The molecule has 1 heterocycles. The van der Waals surface area contributed by atoms with E-state index in [1.807, 2.05) is 30.3 Å². The largest absolute Gasteiger partial charge is 0.446 e. The summed E-state index contributed by atoms with van der Waals surface area (Å²) in [6.45, 7) is 5.42. The van der Waals surface area contributed by atoms with Gasteiger partial charge in [0.25, 0.3) is 0 Å². The molecule has 1 aromatic rings. The zero-order valence-corrected chi connectivity index (χ0v) is 11.3. The summed E-state index contributed by atoms with van der Waals surface area (Å²) in [7, 11) is 0. The van der Waals surface area contributed by atoms with Crippen LogP contribution in [-0.2, 0) is 9.47 Å². The number of carbonyl (C=O) groups is 2. The van der Waals surface area contributed by atoms with E-state index in [0.29, 0.717) is 0 Å². The van der Waals surface area contributed by atoms with Gasteiger partial charge in [0.2, 0.25) is 0 Å². The van der Waals surface area contributed by atoms with E-state index in [1.54, 1.807) is 20.8 Å². The van der Waals surface area contributed by atoms with Crippen LogP contribution in [0, 0.1) is 0 Å². The van der Waals surface area contributed by atoms with Crippen LogP contribution in [0.25, 0.3) is 0 Å². The molecule has 5 nitrogen and oxygen atoms in total. The molecule has 0 spiro atoms. The van der Waals surface area contributed by atoms with Gasteiger partial charge in [-0.25, -0.2) is 14.5 Å². The van der Waals surface area contributed by atoms with Crippen molar-refractivity contribution >= 4 is 12.2 Å². The third kappa shape index (κ3) is 3.05. The van der Waals surface area contributed by atoms with E-state index in [2.05, 4.69) is 0 Å². The fraction of sp³-hybridized carbons (Fsp3) is 0.429. The van der Waals surface area contributed by atoms with E-state index in [1.165, 1.54) is 0 Å². The lowest BCUT2D eigenvalue weighted by atomic mass is 10.1. The topological polar surface area (TPSA) is 55.8 Å². The lowest BCUT2D eigenvalue weighted by Crippen LogP contribution is -2.38. The zero-order chi connectivity index (χ0) is 14.0. The number of ether oxygens (including phenoxy) is 2. The first-order chi connectivity index (χ1) is 8.88. The van der Waals surface area contributed by atoms with Crippen LogP contribution in [0.15, 0.2) is 30.3 Å². The molecule has 1 fully saturated rings. The fourth-order valence-electron chi connectivity index (χ4n) is 1.85. The van der Waals surface area contributed by atoms with Crippen molar-refractivity contribution in [3.63, 3.8) is 0 Å². The van der Waals surface area contributed by atoms with Crippen LogP contribution in [0.1, 0.15) is 32.4 Å². The van der Waals surface area contributed by atoms with Crippen molar-refractivity contribution in [1.29, 1.82) is 0 Å². The maximum atomic E-state index is 12.1. The Morgan fingerprint density at radius 3 is 2.53 bits per heavy atom. The molecule has 5 heteroatoms. The summed E-state index contributed by atoms with van der Waals surface area (Å²) in [5, 5.41) is 0. The van der Waals surface area contributed by atoms with Gasteiger partial charge in [-0.15, -0.1) is 0 Å². The van der Waals surface area contributed by atoms with Crippen molar-refractivity contribution in [2.24, 2.45) is 0 Å². The van der Waals surface area contributed by atoms with Crippen molar-refractivity contribution in [2.45, 2.75) is 32.4 Å². The number of hydrogen-bond acceptors (Lipinski definition) is 4. The van der Waals surface area contributed by atoms with E-state index in [4.69, 9.17) is 9.47 Å². The van der Waals surface area contributed by atoms with Gasteiger partial charge in [0.15, 0.2) is 0 Å². The molecule has 102 valence electrons. The Bertz CT molecular complexity index is 478. The first kappa shape index (κ1) is 13.4. The highest BCUT2D eigenvalue weighted by atomic mass is 16.6. The summed E-state index contributed by atoms with van der Waals surface area (Å²) in [6, 6.07) is 8.85. The van der Waals surface area contributed by atoms with Gasteiger partial charge in [0.1, 0.15) is 18.2 Å². The Balaban J connectivity index is 2.21. The SMILES string of the molecule is CC(C)(C)OC(=O)N1C(=O)OCC1c1ccccc1. The Labute approximate surface area is 112 Å². The molecule has 0 N–H and O–H groups in total. The van der Waals surface area contributed by atoms with Crippen molar-refractivity contribution in [1.82, 2.24) is 4.90 Å². The lowest BCUT2D eigenvalue weighted by Gasteiger charge is -2.25. The van der Waals surface area contributed by atoms with Crippen LogP contribution in [-0.4, -0.2) is 29.3 Å². The summed E-state index contributed by atoms with van der Waals surface area (Å²) >= 11 is 0. The monoisotopic (exact) mass is 263 g/mol. The molecule has 0 bridgehead atoms. The predicted molar refractivity (Wildman–Crippen MR) is 68.6 cm³/mol. The summed E-state index contributed by atoms with van der Waals surface area (Å²) in [5.41, 5.74) is 0.195. The summed E-state index contributed by atoms with van der Waals surface area (Å²) in [6.07, 6.45) is -1.34. The van der Waals surface area contributed by atoms with Crippen molar-refractivity contribution in [3.8, 4) is 0 Å². The summed E-state index contributed by atoms with van der Waals surface area (Å²) in [5.74, 6) is 0. The van der Waals surface area contributed by atoms with Crippen LogP contribution >= 0.6 is 0 Å². The van der Waals surface area contributed by atoms with Gasteiger partial charge in [-0.3, -0.25) is 0 Å². The molecule has 0 saturated carbocycles. The lowest BCUT2D eigenvalue weighted by molar-refractivity contribution is 0.0290. The van der Waals surface area contributed by atoms with Gasteiger partial charge in [0.05, 0.1) is 0 Å². The Morgan fingerprint density at radius 2 is 1.95 bits per heavy atom. The fourth-order valence-corrected chi connectivity index (χ4v) is 1.85. The number of imide groups is 1. The normalized spacial score (nSPS) is 19.2. The third-order valence-corrected chi connectivity index (χ3v) is 2.65. The highest BCUT2D eigenvalue weighted by molar-refractivity contribution is 5.90. The minimum Gasteiger partial charge on any atom is -0.446 e. The molecule has 19 heavy (non-hydrogen) atoms. The highest BCUT2D eigenvalue weighted by Crippen LogP contribution is 2.29. The van der Waals surface area contributed by atoms with Gasteiger partial charge in [-0.05, 0) is 26.3 Å². The molecular weight excluding hydrogens is 246 g/mol. The van der Waals surface area contributed by atoms with Crippen LogP contribution in [0.2, 0.25) is 0 Å². The Kier molecular flexibility index (Phi) is 3.46. The van der Waals surface area contributed by atoms with Crippen LogP contribution in [0.4, 0.5) is 9.59 Å². The maximum absolute atomic E-state index is 12.1. The first-order valence-corrected chi connectivity index (χ1v) is 6.12. The van der Waals surface area contributed by atoms with Crippen molar-refractivity contribution in [2.75, 3.05) is 6.61 Å². The number of nitrogens with zero attached hydrogens (tertiary/aromatic N) is 1. The van der Waals surface area contributed by atoms with E-state index in [0.717, 1.165) is 10.5 Å². The minimum atomic E-state index is -0.677. The number of hydrogen-bond donors (Lipinski definition) is 0. The van der Waals surface area contributed by atoms with Crippen molar-refractivity contribution < 1.29 is 19.1 Å². The molecule has 1 aliphatic rings. The van der Waals surface area contributed by atoms with E-state index >= 15 is 0 Å². The maximum Gasteiger partial charge on any atom is 0.420 e. The number of amides is 2. The second-order valence-electron chi connectivity index (χ2n) is 5.35. The molecule has 1 unspecified atom stereocenters. The number of cyclic esters (lactones) is 1. The van der Waals surface area contributed by atoms with Crippen LogP contribution in [0.3, 0.4) is 0 Å². The Hall–Kier alpha value is -2.04. The Morgan fingerprint density at radius 1 is 1.32 bits per heavy atom. The highest BCUT2D eigenvalue weighted by Gasteiger charge is 2.41. The first-order valence-electron chi connectivity index (χ1n) is 6.12. The number of benzene rings is 1. The average Bonchev–Trinajstić information content (AvgIpc) is 2.70. The average molecular weight is 263 g/mol. The van der Waals surface area contributed by atoms with Gasteiger partial charge < -0.3 is 9.47 Å². The minimum absolute atomic E-state index is 0.155. The van der Waals surface area contributed by atoms with Gasteiger partial charge in [-0.2, -0.15) is 0 Å². The van der Waals surface area contributed by atoms with Gasteiger partial charge in [0, 0.05) is 0 Å². The molecule has 1 aliphatic heterocycles. The van der Waals surface area contributed by atoms with E-state index < -0.39 is 23.8 Å². The summed E-state index contributed by atoms with van der Waals surface area (Å²) < 4.78 is 10.2. The second kappa shape index (κ2) is 4.91. The second-order valence-corrected chi connectivity index (χ2v) is 5.35. The van der Waals surface area contributed by atoms with Crippen LogP contribution < -0.4 is 0 Å².